The second kappa shape index (κ2) is 7.88. The highest BCUT2D eigenvalue weighted by Crippen LogP contribution is 2.16. The Bertz CT molecular complexity index is 695. The summed E-state index contributed by atoms with van der Waals surface area (Å²) in [5, 5.41) is 3.15. The first-order valence-electron chi connectivity index (χ1n) is 8.18. The number of ether oxygens (including phenoxy) is 1. The molecular formula is C18H23N3O2S. The van der Waals surface area contributed by atoms with Crippen molar-refractivity contribution in [2.24, 2.45) is 0 Å². The number of hydrogen-bond donors (Lipinski definition) is 0. The fourth-order valence-electron chi connectivity index (χ4n) is 2.78. The standard InChI is InChI=1S/C18H23N3O2S/c1-14-5-3-4-6-16(14)18(22)20(2)11-15-13-24-17(19-15)12-21-7-9-23-10-8-21/h3-6,13H,7-12H2,1-2H3. The van der Waals surface area contributed by atoms with Gasteiger partial charge in [-0.15, -0.1) is 11.3 Å². The number of morpholine rings is 1. The molecule has 0 saturated carbocycles. The molecule has 1 aliphatic rings. The zero-order valence-corrected chi connectivity index (χ0v) is 15.0. The number of carbonyl (C=O) groups is 1. The molecule has 6 heteroatoms. The van der Waals surface area contributed by atoms with Gasteiger partial charge in [-0.3, -0.25) is 9.69 Å². The zero-order chi connectivity index (χ0) is 16.9. The van der Waals surface area contributed by atoms with Gasteiger partial charge in [-0.25, -0.2) is 4.98 Å². The Labute approximate surface area is 146 Å². The Kier molecular flexibility index (Phi) is 5.60. The lowest BCUT2D eigenvalue weighted by atomic mass is 10.1. The van der Waals surface area contributed by atoms with E-state index in [0.29, 0.717) is 6.54 Å². The maximum Gasteiger partial charge on any atom is 0.254 e. The molecule has 1 aromatic carbocycles. The van der Waals surface area contributed by atoms with Crippen LogP contribution in [0.1, 0.15) is 26.6 Å². The van der Waals surface area contributed by atoms with Crippen molar-refractivity contribution in [3.63, 3.8) is 0 Å². The van der Waals surface area contributed by atoms with E-state index in [1.165, 1.54) is 0 Å². The van der Waals surface area contributed by atoms with Gasteiger partial charge in [0, 0.05) is 31.1 Å². The van der Waals surface area contributed by atoms with Crippen molar-refractivity contribution < 1.29 is 9.53 Å². The van der Waals surface area contributed by atoms with E-state index < -0.39 is 0 Å². The van der Waals surface area contributed by atoms with Crippen LogP contribution >= 0.6 is 11.3 Å². The maximum absolute atomic E-state index is 12.6. The van der Waals surface area contributed by atoms with Crippen LogP contribution in [0.4, 0.5) is 0 Å². The molecule has 1 aliphatic heterocycles. The summed E-state index contributed by atoms with van der Waals surface area (Å²) < 4.78 is 5.37. The monoisotopic (exact) mass is 345 g/mol. The molecule has 1 aromatic heterocycles. The van der Waals surface area contributed by atoms with Crippen molar-refractivity contribution in [1.82, 2.24) is 14.8 Å². The zero-order valence-electron chi connectivity index (χ0n) is 14.2. The van der Waals surface area contributed by atoms with Crippen LogP contribution in [0.3, 0.4) is 0 Å². The van der Waals surface area contributed by atoms with Crippen molar-refractivity contribution in [1.29, 1.82) is 0 Å². The fourth-order valence-corrected chi connectivity index (χ4v) is 3.60. The number of nitrogens with zero attached hydrogens (tertiary/aromatic N) is 3. The minimum Gasteiger partial charge on any atom is -0.379 e. The third-order valence-corrected chi connectivity index (χ3v) is 5.07. The Morgan fingerprint density at radius 1 is 1.33 bits per heavy atom. The summed E-state index contributed by atoms with van der Waals surface area (Å²) in [7, 11) is 1.83. The van der Waals surface area contributed by atoms with Crippen molar-refractivity contribution in [2.75, 3.05) is 33.4 Å². The number of aromatic nitrogens is 1. The number of carbonyl (C=O) groups excluding carboxylic acids is 1. The van der Waals surface area contributed by atoms with Gasteiger partial charge in [0.05, 0.1) is 32.0 Å². The highest BCUT2D eigenvalue weighted by molar-refractivity contribution is 7.09. The van der Waals surface area contributed by atoms with Gasteiger partial charge < -0.3 is 9.64 Å². The van der Waals surface area contributed by atoms with Crippen LogP contribution in [-0.2, 0) is 17.8 Å². The molecule has 0 radical (unpaired) electrons. The molecule has 128 valence electrons. The van der Waals surface area contributed by atoms with E-state index in [0.717, 1.165) is 54.7 Å². The summed E-state index contributed by atoms with van der Waals surface area (Å²) in [6.45, 7) is 6.87. The summed E-state index contributed by atoms with van der Waals surface area (Å²) in [5.74, 6) is 0.0378. The molecule has 0 spiro atoms. The molecule has 0 bridgehead atoms. The second-order valence-electron chi connectivity index (χ2n) is 6.10. The van der Waals surface area contributed by atoms with Gasteiger partial charge in [0.1, 0.15) is 5.01 Å². The average molecular weight is 345 g/mol. The molecule has 0 atom stereocenters. The first-order valence-corrected chi connectivity index (χ1v) is 9.06. The topological polar surface area (TPSA) is 45.7 Å². The molecule has 2 aromatic rings. The summed E-state index contributed by atoms with van der Waals surface area (Å²) in [5.41, 5.74) is 2.71. The van der Waals surface area contributed by atoms with Crippen LogP contribution < -0.4 is 0 Å². The molecule has 1 fully saturated rings. The van der Waals surface area contributed by atoms with E-state index in [2.05, 4.69) is 15.3 Å². The van der Waals surface area contributed by atoms with Crippen molar-refractivity contribution >= 4 is 17.2 Å². The van der Waals surface area contributed by atoms with Crippen LogP contribution in [-0.4, -0.2) is 54.0 Å². The molecule has 1 amide bonds. The quantitative estimate of drug-likeness (QED) is 0.835. The van der Waals surface area contributed by atoms with Gasteiger partial charge in [-0.05, 0) is 18.6 Å². The second-order valence-corrected chi connectivity index (χ2v) is 7.04. The molecule has 0 unspecified atom stereocenters. The number of aryl methyl sites for hydroxylation is 1. The smallest absolute Gasteiger partial charge is 0.254 e. The van der Waals surface area contributed by atoms with E-state index in [-0.39, 0.29) is 5.91 Å². The van der Waals surface area contributed by atoms with Crippen LogP contribution in [0.25, 0.3) is 0 Å². The predicted octanol–water partition coefficient (Wildman–Crippen LogP) is 2.56. The van der Waals surface area contributed by atoms with Crippen LogP contribution in [0.15, 0.2) is 29.6 Å². The molecule has 5 nitrogen and oxygen atoms in total. The highest BCUT2D eigenvalue weighted by atomic mass is 32.1. The SMILES string of the molecule is Cc1ccccc1C(=O)N(C)Cc1csc(CN2CCOCC2)n1. The molecule has 3 rings (SSSR count). The third kappa shape index (κ3) is 4.20. The van der Waals surface area contributed by atoms with Gasteiger partial charge in [0.25, 0.3) is 5.91 Å². The Morgan fingerprint density at radius 3 is 2.83 bits per heavy atom. The molecular weight excluding hydrogens is 322 g/mol. The van der Waals surface area contributed by atoms with Crippen LogP contribution in [0.5, 0.6) is 0 Å². The van der Waals surface area contributed by atoms with Gasteiger partial charge >= 0.3 is 0 Å². The number of rotatable bonds is 5. The predicted molar refractivity (Wildman–Crippen MR) is 95.2 cm³/mol. The molecule has 0 N–H and O–H groups in total. The summed E-state index contributed by atoms with van der Waals surface area (Å²) in [6, 6.07) is 7.69. The lowest BCUT2D eigenvalue weighted by Crippen LogP contribution is -2.35. The number of hydrogen-bond acceptors (Lipinski definition) is 5. The number of thiazole rings is 1. The highest BCUT2D eigenvalue weighted by Gasteiger charge is 2.16. The first kappa shape index (κ1) is 17.1. The maximum atomic E-state index is 12.6. The summed E-state index contributed by atoms with van der Waals surface area (Å²) in [6.07, 6.45) is 0. The van der Waals surface area contributed by atoms with E-state index in [4.69, 9.17) is 4.74 Å². The fraction of sp³-hybridized carbons (Fsp3) is 0.444. The lowest BCUT2D eigenvalue weighted by molar-refractivity contribution is 0.0341. The van der Waals surface area contributed by atoms with Gasteiger partial charge in [0.2, 0.25) is 0 Å². The Hall–Kier alpha value is -1.76. The van der Waals surface area contributed by atoms with Gasteiger partial charge in [-0.2, -0.15) is 0 Å². The molecule has 1 saturated heterocycles. The minimum absolute atomic E-state index is 0.0378. The molecule has 24 heavy (non-hydrogen) atoms. The average Bonchev–Trinajstić information content (AvgIpc) is 3.02. The van der Waals surface area contributed by atoms with E-state index in [1.807, 2.05) is 38.2 Å². The number of benzene rings is 1. The third-order valence-electron chi connectivity index (χ3n) is 4.18. The van der Waals surface area contributed by atoms with Crippen molar-refractivity contribution in [2.45, 2.75) is 20.0 Å². The van der Waals surface area contributed by atoms with E-state index >= 15 is 0 Å². The van der Waals surface area contributed by atoms with Crippen molar-refractivity contribution in [3.05, 3.63) is 51.5 Å². The molecule has 2 heterocycles. The number of amides is 1. The van der Waals surface area contributed by atoms with E-state index in [1.54, 1.807) is 16.2 Å². The van der Waals surface area contributed by atoms with E-state index in [9.17, 15) is 4.79 Å². The largest absolute Gasteiger partial charge is 0.379 e. The summed E-state index contributed by atoms with van der Waals surface area (Å²) >= 11 is 1.66. The lowest BCUT2D eigenvalue weighted by Gasteiger charge is -2.25. The first-order chi connectivity index (χ1) is 11.6. The molecule has 0 aliphatic carbocycles. The van der Waals surface area contributed by atoms with Crippen LogP contribution in [0, 0.1) is 6.92 Å². The van der Waals surface area contributed by atoms with Crippen molar-refractivity contribution in [3.8, 4) is 0 Å². The Balaban J connectivity index is 1.59. The van der Waals surface area contributed by atoms with Gasteiger partial charge in [-0.1, -0.05) is 18.2 Å². The van der Waals surface area contributed by atoms with Crippen LogP contribution in [0.2, 0.25) is 0 Å². The Morgan fingerprint density at radius 2 is 2.08 bits per heavy atom. The summed E-state index contributed by atoms with van der Waals surface area (Å²) in [4.78, 5) is 21.3. The van der Waals surface area contributed by atoms with Gasteiger partial charge in [0.15, 0.2) is 0 Å². The normalized spacial score (nSPS) is 15.4. The minimum atomic E-state index is 0.0378.